The monoisotopic (exact) mass is 646 g/mol. The molecule has 1 amide bonds. The Bertz CT molecular complexity index is 1920. The maximum absolute atomic E-state index is 13.6. The number of carbonyl (C=O) groups excluding carboxylic acids is 3. The lowest BCUT2D eigenvalue weighted by atomic mass is 9.97. The van der Waals surface area contributed by atoms with Crippen LogP contribution in [0.4, 0.5) is 10.1 Å². The van der Waals surface area contributed by atoms with Gasteiger partial charge in [-0.3, -0.25) is 4.79 Å². The first-order valence-electron chi connectivity index (χ1n) is 13.7. The van der Waals surface area contributed by atoms with Crippen molar-refractivity contribution in [2.24, 2.45) is 0 Å². The van der Waals surface area contributed by atoms with Crippen molar-refractivity contribution in [3.05, 3.63) is 89.3 Å². The minimum absolute atomic E-state index is 0.286. The number of thiazole rings is 1. The molecule has 0 aliphatic heterocycles. The number of furan rings is 1. The highest BCUT2D eigenvalue weighted by molar-refractivity contribution is 7.21. The molecule has 0 aliphatic carbocycles. The quantitative estimate of drug-likeness (QED) is 0.201. The number of carbonyl (C=O) groups is 3. The van der Waals surface area contributed by atoms with Crippen LogP contribution in [-0.4, -0.2) is 50.6 Å². The highest BCUT2D eigenvalue weighted by Gasteiger charge is 2.24. The summed E-state index contributed by atoms with van der Waals surface area (Å²) in [5.74, 6) is -0.257. The number of pyridine rings is 1. The molecule has 1 N–H and O–H groups in total. The van der Waals surface area contributed by atoms with Gasteiger partial charge in [0.25, 0.3) is 5.91 Å². The maximum Gasteiger partial charge on any atom is 0.255 e. The number of fused-ring (bicyclic) bond motifs is 2. The van der Waals surface area contributed by atoms with E-state index in [9.17, 15) is 9.18 Å². The lowest BCUT2D eigenvalue weighted by Crippen LogP contribution is -2.18. The predicted octanol–water partition coefficient (Wildman–Crippen LogP) is 8.31. The lowest BCUT2D eigenvalue weighted by Gasteiger charge is -2.18. The Kier molecular flexibility index (Phi) is 12.1. The lowest BCUT2D eigenvalue weighted by molar-refractivity contribution is -0.0987. The summed E-state index contributed by atoms with van der Waals surface area (Å²) < 4.78 is 19.8. The van der Waals surface area contributed by atoms with E-state index < -0.39 is 0 Å². The number of hydrogen-bond donors (Lipinski definition) is 1. The highest BCUT2D eigenvalue weighted by Crippen LogP contribution is 2.41. The van der Waals surface area contributed by atoms with Gasteiger partial charge in [0.1, 0.15) is 46.1 Å². The molecule has 0 saturated carbocycles. The molecule has 8 nitrogen and oxygen atoms in total. The number of nitrogens with zero attached hydrogens (tertiary/aromatic N) is 3. The summed E-state index contributed by atoms with van der Waals surface area (Å²) in [7, 11) is 5.50. The van der Waals surface area contributed by atoms with Crippen LogP contribution in [0.3, 0.4) is 0 Å². The fraction of sp³-hybridized carbons (Fsp3) is 0.147. The third kappa shape index (κ3) is 7.25. The van der Waals surface area contributed by atoms with Gasteiger partial charge < -0.3 is 24.2 Å². The van der Waals surface area contributed by atoms with Crippen LogP contribution in [0.5, 0.6) is 0 Å². The minimum Gasteiger partial charge on any atom is -0.455 e. The second kappa shape index (κ2) is 15.7. The van der Waals surface area contributed by atoms with Gasteiger partial charge in [-0.1, -0.05) is 55.0 Å². The molecule has 0 saturated heterocycles. The second-order valence-corrected chi connectivity index (χ2v) is 10.6. The molecule has 3 aromatic carbocycles. The van der Waals surface area contributed by atoms with Crippen molar-refractivity contribution in [1.82, 2.24) is 15.3 Å². The number of hydrogen-bond acceptors (Lipinski definition) is 8. The van der Waals surface area contributed by atoms with Crippen LogP contribution in [-0.2, 0) is 9.59 Å². The minimum atomic E-state index is -0.361. The van der Waals surface area contributed by atoms with Gasteiger partial charge in [-0.15, -0.1) is 0 Å². The fourth-order valence-corrected chi connectivity index (χ4v) is 5.67. The van der Waals surface area contributed by atoms with E-state index in [2.05, 4.69) is 16.4 Å². The highest BCUT2D eigenvalue weighted by atomic mass is 35.5. The summed E-state index contributed by atoms with van der Waals surface area (Å²) in [6.45, 7) is 8.00. The number of rotatable bonds is 5. The van der Waals surface area contributed by atoms with Gasteiger partial charge in [0.05, 0.1) is 10.6 Å². The van der Waals surface area contributed by atoms with Crippen molar-refractivity contribution in [2.45, 2.75) is 13.8 Å². The van der Waals surface area contributed by atoms with Crippen LogP contribution >= 0.6 is 22.9 Å². The summed E-state index contributed by atoms with van der Waals surface area (Å²) in [5, 5.41) is 4.77. The average Bonchev–Trinajstić information content (AvgIpc) is 3.68. The van der Waals surface area contributed by atoms with Crippen molar-refractivity contribution >= 4 is 69.4 Å². The molecule has 0 atom stereocenters. The van der Waals surface area contributed by atoms with E-state index in [1.807, 2.05) is 82.8 Å². The molecule has 232 valence electrons. The van der Waals surface area contributed by atoms with E-state index in [1.165, 1.54) is 23.5 Å². The van der Waals surface area contributed by atoms with Crippen LogP contribution in [0.25, 0.3) is 54.3 Å². The summed E-state index contributed by atoms with van der Waals surface area (Å²) in [5.41, 5.74) is 6.07. The van der Waals surface area contributed by atoms with Crippen molar-refractivity contribution < 1.29 is 23.2 Å². The zero-order valence-corrected chi connectivity index (χ0v) is 27.1. The van der Waals surface area contributed by atoms with Gasteiger partial charge in [-0.2, -0.15) is 0 Å². The number of amides is 1. The van der Waals surface area contributed by atoms with E-state index in [0.29, 0.717) is 32.9 Å². The van der Waals surface area contributed by atoms with Gasteiger partial charge >= 0.3 is 0 Å². The molecule has 6 rings (SSSR count). The molecule has 45 heavy (non-hydrogen) atoms. The Morgan fingerprint density at radius 2 is 1.62 bits per heavy atom. The summed E-state index contributed by atoms with van der Waals surface area (Å²) in [6.07, 6.45) is 1.62. The Hall–Kier alpha value is -4.93. The molecular formula is C34H32ClFN4O4S. The number of aromatic nitrogens is 2. The molecule has 11 heteroatoms. The SMILES string of the molecule is C=O.C=O.CC.CNC(=O)c1c(-c2ccc(F)cc2)oc2cc(N(C)C)c(-c3cccc(-c4nc5cc(Cl)cnc5s4)c3)cc12. The normalized spacial score (nSPS) is 10.1. The van der Waals surface area contributed by atoms with E-state index in [4.69, 9.17) is 30.6 Å². The van der Waals surface area contributed by atoms with E-state index >= 15 is 0 Å². The largest absolute Gasteiger partial charge is 0.455 e. The van der Waals surface area contributed by atoms with Crippen molar-refractivity contribution in [1.29, 1.82) is 0 Å². The van der Waals surface area contributed by atoms with Crippen LogP contribution in [0.1, 0.15) is 24.2 Å². The third-order valence-corrected chi connectivity index (χ3v) is 7.72. The standard InChI is InChI=1S/C30H22ClFN4O2S.C2H6.2CH2O/c1-33-28(37)26-22-13-21(24(36(2)3)14-25(22)38-27(26)16-7-9-20(32)10-8-16)17-5-4-6-18(11-17)29-35-23-12-19(31)15-34-30(23)39-29;3*1-2/h4-15H,1-3H3,(H,33,37);1-2H3;2*1H2. The first kappa shape index (κ1) is 34.6. The van der Waals surface area contributed by atoms with Crippen molar-refractivity contribution in [2.75, 3.05) is 26.0 Å². The molecular weight excluding hydrogens is 615 g/mol. The van der Waals surface area contributed by atoms with E-state index in [1.54, 1.807) is 25.4 Å². The molecule has 0 radical (unpaired) electrons. The van der Waals surface area contributed by atoms with E-state index in [0.717, 1.165) is 37.7 Å². The fourth-order valence-electron chi connectivity index (χ4n) is 4.63. The molecule has 0 fully saturated rings. The van der Waals surface area contributed by atoms with E-state index in [-0.39, 0.29) is 11.7 Å². The number of nitrogens with one attached hydrogen (secondary N) is 1. The predicted molar refractivity (Wildman–Crippen MR) is 182 cm³/mol. The summed E-state index contributed by atoms with van der Waals surface area (Å²) >= 11 is 7.61. The topological polar surface area (TPSA) is 105 Å². The van der Waals surface area contributed by atoms with Crippen LogP contribution in [0.15, 0.2) is 77.3 Å². The first-order valence-corrected chi connectivity index (χ1v) is 14.9. The number of anilines is 1. The Labute approximate surface area is 269 Å². The van der Waals surface area contributed by atoms with Crippen molar-refractivity contribution in [3.8, 4) is 33.0 Å². The molecule has 0 aliphatic rings. The number of halogens is 2. The second-order valence-electron chi connectivity index (χ2n) is 9.23. The number of benzene rings is 3. The van der Waals surface area contributed by atoms with Crippen LogP contribution < -0.4 is 10.2 Å². The van der Waals surface area contributed by atoms with Gasteiger partial charge in [0, 0.05) is 61.2 Å². The molecule has 3 aromatic heterocycles. The van der Waals surface area contributed by atoms with Crippen molar-refractivity contribution in [3.63, 3.8) is 0 Å². The smallest absolute Gasteiger partial charge is 0.255 e. The zero-order chi connectivity index (χ0) is 33.3. The van der Waals surface area contributed by atoms with Gasteiger partial charge in [-0.05, 0) is 48.0 Å². The van der Waals surface area contributed by atoms with Crippen LogP contribution in [0, 0.1) is 5.82 Å². The molecule has 0 unspecified atom stereocenters. The molecule has 0 spiro atoms. The molecule has 6 aromatic rings. The van der Waals surface area contributed by atoms with Gasteiger partial charge in [0.2, 0.25) is 0 Å². The zero-order valence-electron chi connectivity index (χ0n) is 25.5. The molecule has 0 bridgehead atoms. The average molecular weight is 647 g/mol. The maximum atomic E-state index is 13.6. The van der Waals surface area contributed by atoms with Crippen LogP contribution in [0.2, 0.25) is 5.02 Å². The summed E-state index contributed by atoms with van der Waals surface area (Å²) in [6, 6.07) is 19.7. The molecule has 3 heterocycles. The first-order chi connectivity index (χ1) is 21.8. The third-order valence-electron chi connectivity index (χ3n) is 6.48. The Morgan fingerprint density at radius 3 is 2.27 bits per heavy atom. The van der Waals surface area contributed by atoms with Gasteiger partial charge in [0.15, 0.2) is 0 Å². The Morgan fingerprint density at radius 1 is 0.956 bits per heavy atom. The summed E-state index contributed by atoms with van der Waals surface area (Å²) in [4.78, 5) is 41.0. The Balaban J connectivity index is 0.000000870. The van der Waals surface area contributed by atoms with Gasteiger partial charge in [-0.25, -0.2) is 14.4 Å².